The van der Waals surface area contributed by atoms with Crippen LogP contribution in [0.15, 0.2) is 18.2 Å². The fourth-order valence-electron chi connectivity index (χ4n) is 3.71. The Morgan fingerprint density at radius 2 is 2.20 bits per heavy atom. The maximum Gasteiger partial charge on any atom is 0.311 e. The molecule has 7 nitrogen and oxygen atoms in total. The molecule has 0 radical (unpaired) electrons. The van der Waals surface area contributed by atoms with Crippen LogP contribution in [-0.4, -0.2) is 61.9 Å². The highest BCUT2D eigenvalue weighted by molar-refractivity contribution is 5.95. The molecule has 25 heavy (non-hydrogen) atoms. The third kappa shape index (κ3) is 3.04. The average molecular weight is 349 g/mol. The Kier molecular flexibility index (Phi) is 4.85. The van der Waals surface area contributed by atoms with Crippen LogP contribution in [0.2, 0.25) is 0 Å². The smallest absolute Gasteiger partial charge is 0.311 e. The van der Waals surface area contributed by atoms with Crippen LogP contribution in [0.1, 0.15) is 23.7 Å². The summed E-state index contributed by atoms with van der Waals surface area (Å²) in [5.41, 5.74) is -0.441. The lowest BCUT2D eigenvalue weighted by Crippen LogP contribution is -2.45. The lowest BCUT2D eigenvalue weighted by molar-refractivity contribution is -0.157. The molecule has 2 fully saturated rings. The third-order valence-corrected chi connectivity index (χ3v) is 5.13. The topological polar surface area (TPSA) is 85.3 Å². The van der Waals surface area contributed by atoms with E-state index in [0.717, 1.165) is 0 Å². The van der Waals surface area contributed by atoms with E-state index in [1.807, 2.05) is 6.92 Å². The minimum Gasteiger partial charge on any atom is -0.493 e. The molecular formula is C18H23NO6. The first-order valence-electron chi connectivity index (χ1n) is 8.43. The van der Waals surface area contributed by atoms with Crippen molar-refractivity contribution >= 4 is 11.9 Å². The molecule has 0 aromatic heterocycles. The fourth-order valence-corrected chi connectivity index (χ4v) is 3.71. The summed E-state index contributed by atoms with van der Waals surface area (Å²) in [6.45, 7) is 3.77. The Balaban J connectivity index is 1.83. The lowest BCUT2D eigenvalue weighted by atomic mass is 9.74. The van der Waals surface area contributed by atoms with Gasteiger partial charge in [-0.05, 0) is 31.5 Å². The zero-order chi connectivity index (χ0) is 18.0. The van der Waals surface area contributed by atoms with E-state index in [0.29, 0.717) is 49.8 Å². The van der Waals surface area contributed by atoms with Crippen molar-refractivity contribution < 1.29 is 28.9 Å². The van der Waals surface area contributed by atoms with Gasteiger partial charge >= 0.3 is 5.97 Å². The molecule has 0 spiro atoms. The third-order valence-electron chi connectivity index (χ3n) is 5.13. The van der Waals surface area contributed by atoms with E-state index < -0.39 is 11.4 Å². The van der Waals surface area contributed by atoms with Gasteiger partial charge in [0.1, 0.15) is 0 Å². The largest absolute Gasteiger partial charge is 0.493 e. The molecule has 7 heteroatoms. The number of methoxy groups -OCH3 is 1. The zero-order valence-corrected chi connectivity index (χ0v) is 14.5. The Labute approximate surface area is 146 Å². The first-order chi connectivity index (χ1) is 12.0. The number of rotatable bonds is 5. The molecule has 0 bridgehead atoms. The summed E-state index contributed by atoms with van der Waals surface area (Å²) in [5.74, 6) is -0.156. The highest BCUT2D eigenvalue weighted by Gasteiger charge is 2.54. The van der Waals surface area contributed by atoms with E-state index in [-0.39, 0.29) is 18.4 Å². The van der Waals surface area contributed by atoms with Crippen LogP contribution in [0.4, 0.5) is 0 Å². The highest BCUT2D eigenvalue weighted by atomic mass is 16.5. The highest BCUT2D eigenvalue weighted by Crippen LogP contribution is 2.43. The van der Waals surface area contributed by atoms with Crippen LogP contribution in [0.5, 0.6) is 11.5 Å². The minimum atomic E-state index is -0.900. The molecule has 136 valence electrons. The average Bonchev–Trinajstić information content (AvgIpc) is 3.03. The molecular weight excluding hydrogens is 326 g/mol. The van der Waals surface area contributed by atoms with E-state index in [2.05, 4.69) is 0 Å². The standard InChI is InChI=1S/C18H23NO6/c1-3-25-14-5-4-12(8-15(14)23-2)16(20)19-9-13-10-24-7-6-18(13,11-19)17(21)22/h4-5,8,13H,3,6-7,9-11H2,1-2H3,(H,21,22)/t13-,18+/m0/s1. The predicted octanol–water partition coefficient (Wildman–Crippen LogP) is 1.66. The normalized spacial score (nSPS) is 25.4. The van der Waals surface area contributed by atoms with Gasteiger partial charge in [0.15, 0.2) is 11.5 Å². The van der Waals surface area contributed by atoms with Crippen molar-refractivity contribution in [2.75, 3.05) is 40.0 Å². The van der Waals surface area contributed by atoms with Crippen molar-refractivity contribution in [3.05, 3.63) is 23.8 Å². The Hall–Kier alpha value is -2.28. The van der Waals surface area contributed by atoms with Gasteiger partial charge in [-0.3, -0.25) is 9.59 Å². The van der Waals surface area contributed by atoms with Gasteiger partial charge in [0, 0.05) is 31.2 Å². The lowest BCUT2D eigenvalue weighted by Gasteiger charge is -2.33. The van der Waals surface area contributed by atoms with Gasteiger partial charge in [-0.1, -0.05) is 0 Å². The number of carbonyl (C=O) groups excluding carboxylic acids is 1. The number of hydrogen-bond acceptors (Lipinski definition) is 5. The molecule has 1 N–H and O–H groups in total. The minimum absolute atomic E-state index is 0.174. The monoisotopic (exact) mass is 349 g/mol. The first-order valence-corrected chi connectivity index (χ1v) is 8.43. The number of fused-ring (bicyclic) bond motifs is 1. The molecule has 3 rings (SSSR count). The van der Waals surface area contributed by atoms with Crippen LogP contribution in [-0.2, 0) is 9.53 Å². The molecule has 2 heterocycles. The number of carboxylic acid groups (broad SMARTS) is 1. The Morgan fingerprint density at radius 3 is 2.84 bits per heavy atom. The summed E-state index contributed by atoms with van der Waals surface area (Å²) >= 11 is 0. The summed E-state index contributed by atoms with van der Waals surface area (Å²) in [6.07, 6.45) is 0.434. The van der Waals surface area contributed by atoms with Crippen LogP contribution in [0.3, 0.4) is 0 Å². The molecule has 0 saturated carbocycles. The predicted molar refractivity (Wildman–Crippen MR) is 89.1 cm³/mol. The number of aliphatic carboxylic acids is 1. The Morgan fingerprint density at radius 1 is 1.40 bits per heavy atom. The van der Waals surface area contributed by atoms with Crippen LogP contribution in [0.25, 0.3) is 0 Å². The van der Waals surface area contributed by atoms with Crippen molar-refractivity contribution in [3.63, 3.8) is 0 Å². The number of hydrogen-bond donors (Lipinski definition) is 1. The van der Waals surface area contributed by atoms with Gasteiger partial charge in [-0.2, -0.15) is 0 Å². The molecule has 0 unspecified atom stereocenters. The van der Waals surface area contributed by atoms with Crippen LogP contribution >= 0.6 is 0 Å². The summed E-state index contributed by atoms with van der Waals surface area (Å²) in [4.78, 5) is 26.4. The van der Waals surface area contributed by atoms with E-state index in [1.165, 1.54) is 7.11 Å². The number of nitrogens with zero attached hydrogens (tertiary/aromatic N) is 1. The molecule has 2 aliphatic heterocycles. The van der Waals surface area contributed by atoms with E-state index in [9.17, 15) is 14.7 Å². The number of likely N-dealkylation sites (tertiary alicyclic amines) is 1. The summed E-state index contributed by atoms with van der Waals surface area (Å²) in [7, 11) is 1.52. The molecule has 1 aromatic carbocycles. The molecule has 0 aliphatic carbocycles. The molecule has 2 aliphatic rings. The number of amides is 1. The second-order valence-electron chi connectivity index (χ2n) is 6.47. The second kappa shape index (κ2) is 6.92. The van der Waals surface area contributed by atoms with Gasteiger partial charge in [-0.15, -0.1) is 0 Å². The van der Waals surface area contributed by atoms with Crippen molar-refractivity contribution in [1.29, 1.82) is 0 Å². The van der Waals surface area contributed by atoms with Gasteiger partial charge in [0.2, 0.25) is 0 Å². The van der Waals surface area contributed by atoms with Crippen molar-refractivity contribution in [1.82, 2.24) is 4.90 Å². The zero-order valence-electron chi connectivity index (χ0n) is 14.5. The maximum absolute atomic E-state index is 12.9. The van der Waals surface area contributed by atoms with Gasteiger partial charge in [0.05, 0.1) is 25.7 Å². The molecule has 1 amide bonds. The summed E-state index contributed by atoms with van der Waals surface area (Å²) in [6, 6.07) is 5.02. The quantitative estimate of drug-likeness (QED) is 0.870. The van der Waals surface area contributed by atoms with Gasteiger partial charge < -0.3 is 24.2 Å². The number of benzene rings is 1. The first kappa shape index (κ1) is 17.5. The van der Waals surface area contributed by atoms with E-state index in [1.54, 1.807) is 23.1 Å². The second-order valence-corrected chi connectivity index (χ2v) is 6.47. The molecule has 2 atom stereocenters. The maximum atomic E-state index is 12.9. The van der Waals surface area contributed by atoms with Crippen molar-refractivity contribution in [2.24, 2.45) is 11.3 Å². The number of ether oxygens (including phenoxy) is 3. The van der Waals surface area contributed by atoms with Gasteiger partial charge in [0.25, 0.3) is 5.91 Å². The van der Waals surface area contributed by atoms with E-state index in [4.69, 9.17) is 14.2 Å². The van der Waals surface area contributed by atoms with Crippen LogP contribution in [0, 0.1) is 11.3 Å². The van der Waals surface area contributed by atoms with Crippen molar-refractivity contribution in [2.45, 2.75) is 13.3 Å². The Bertz CT molecular complexity index is 676. The van der Waals surface area contributed by atoms with E-state index >= 15 is 0 Å². The van der Waals surface area contributed by atoms with Crippen molar-refractivity contribution in [3.8, 4) is 11.5 Å². The fraction of sp³-hybridized carbons (Fsp3) is 0.556. The summed E-state index contributed by atoms with van der Waals surface area (Å²) in [5, 5.41) is 9.72. The number of carbonyl (C=O) groups is 2. The summed E-state index contributed by atoms with van der Waals surface area (Å²) < 4.78 is 16.2. The molecule has 2 saturated heterocycles. The van der Waals surface area contributed by atoms with Gasteiger partial charge in [-0.25, -0.2) is 0 Å². The molecule has 1 aromatic rings. The number of carboxylic acids is 1. The SMILES string of the molecule is CCOc1ccc(C(=O)N2C[C@H]3COCC[C@@]3(C(=O)O)C2)cc1OC. The van der Waals surface area contributed by atoms with Crippen LogP contribution < -0.4 is 9.47 Å².